The van der Waals surface area contributed by atoms with Crippen LogP contribution in [0.5, 0.6) is 5.75 Å². The van der Waals surface area contributed by atoms with Gasteiger partial charge in [-0.25, -0.2) is 0 Å². The fourth-order valence-corrected chi connectivity index (χ4v) is 5.91. The summed E-state index contributed by atoms with van der Waals surface area (Å²) in [7, 11) is 4.11. The van der Waals surface area contributed by atoms with E-state index >= 15 is 0 Å². The zero-order valence-electron chi connectivity index (χ0n) is 13.0. The van der Waals surface area contributed by atoms with Crippen LogP contribution in [0.1, 0.15) is 43.2 Å². The van der Waals surface area contributed by atoms with E-state index < -0.39 is 0 Å². The summed E-state index contributed by atoms with van der Waals surface area (Å²) in [5, 5.41) is 0. The first-order chi connectivity index (χ1) is 10.2. The molecule has 0 radical (unpaired) electrons. The van der Waals surface area contributed by atoms with E-state index in [2.05, 4.69) is 40.0 Å². The first-order valence-corrected chi connectivity index (χ1v) is 9.02. The monoisotopic (exact) mass is 349 g/mol. The quantitative estimate of drug-likeness (QED) is 0.755. The smallest absolute Gasteiger partial charge is 0.133 e. The fourth-order valence-electron chi connectivity index (χ4n) is 5.36. The van der Waals surface area contributed by atoms with Gasteiger partial charge in [0.2, 0.25) is 0 Å². The summed E-state index contributed by atoms with van der Waals surface area (Å²) in [5.41, 5.74) is 3.59. The fraction of sp³-hybridized carbons (Fsp3) is 0.667. The minimum atomic E-state index is 0.428. The van der Waals surface area contributed by atoms with Crippen molar-refractivity contribution in [1.29, 1.82) is 0 Å². The minimum Gasteiger partial charge on any atom is -0.496 e. The van der Waals surface area contributed by atoms with Crippen LogP contribution in [0.15, 0.2) is 16.6 Å². The molecule has 0 N–H and O–H groups in total. The molecule has 3 aliphatic rings. The van der Waals surface area contributed by atoms with Gasteiger partial charge < -0.3 is 9.64 Å². The second-order valence-electron chi connectivity index (χ2n) is 7.15. The average Bonchev–Trinajstić information content (AvgIpc) is 2.50. The van der Waals surface area contributed by atoms with Gasteiger partial charge in [0.25, 0.3) is 0 Å². The molecule has 4 rings (SSSR count). The molecule has 0 spiro atoms. The molecule has 1 aromatic carbocycles. The summed E-state index contributed by atoms with van der Waals surface area (Å²) < 4.78 is 6.70. The van der Waals surface area contributed by atoms with Gasteiger partial charge in [-0.1, -0.05) is 12.8 Å². The number of halogens is 1. The van der Waals surface area contributed by atoms with Crippen LogP contribution in [0.3, 0.4) is 0 Å². The highest BCUT2D eigenvalue weighted by molar-refractivity contribution is 9.10. The van der Waals surface area contributed by atoms with Crippen LogP contribution < -0.4 is 4.74 Å². The highest BCUT2D eigenvalue weighted by Gasteiger charge is 2.53. The van der Waals surface area contributed by atoms with E-state index in [1.165, 1.54) is 45.1 Å². The highest BCUT2D eigenvalue weighted by atomic mass is 79.9. The first kappa shape index (κ1) is 14.1. The molecule has 21 heavy (non-hydrogen) atoms. The van der Waals surface area contributed by atoms with Gasteiger partial charge in [-0.05, 0) is 84.4 Å². The summed E-state index contributed by atoms with van der Waals surface area (Å²) in [4.78, 5) is 2.62. The third kappa shape index (κ3) is 1.93. The minimum absolute atomic E-state index is 0.428. The predicted octanol–water partition coefficient (Wildman–Crippen LogP) is 4.15. The van der Waals surface area contributed by atoms with Crippen molar-refractivity contribution in [3.63, 3.8) is 0 Å². The number of ether oxygens (including phenoxy) is 1. The third-order valence-corrected chi connectivity index (χ3v) is 7.00. The Labute approximate surface area is 136 Å². The van der Waals surface area contributed by atoms with Crippen LogP contribution in [0.4, 0.5) is 0 Å². The Morgan fingerprint density at radius 1 is 1.29 bits per heavy atom. The van der Waals surface area contributed by atoms with Gasteiger partial charge in [0.1, 0.15) is 5.75 Å². The summed E-state index contributed by atoms with van der Waals surface area (Å²) >= 11 is 3.68. The third-order valence-electron chi connectivity index (χ3n) is 6.38. The molecule has 2 fully saturated rings. The van der Waals surface area contributed by atoms with Gasteiger partial charge in [-0.3, -0.25) is 0 Å². The standard InChI is InChI=1S/C18H24BrNO/c1-20-8-7-18-6-4-3-5-13(18)16(20)10-12-9-15(19)17(21-2)11-14(12)18/h9,11,13,16H,3-8,10H2,1-2H3/t13-,16-,18+/m1/s1. The number of piperidine rings is 1. The number of methoxy groups -OCH3 is 1. The predicted molar refractivity (Wildman–Crippen MR) is 89.1 cm³/mol. The molecular weight excluding hydrogens is 326 g/mol. The molecular formula is C18H24BrNO. The molecule has 2 nitrogen and oxygen atoms in total. The largest absolute Gasteiger partial charge is 0.496 e. The van der Waals surface area contributed by atoms with Crippen molar-refractivity contribution in [1.82, 2.24) is 4.90 Å². The van der Waals surface area contributed by atoms with Crippen molar-refractivity contribution in [3.8, 4) is 5.75 Å². The number of likely N-dealkylation sites (N-methyl/N-ethyl adjacent to an activating group) is 1. The number of benzene rings is 1. The summed E-state index contributed by atoms with van der Waals surface area (Å²) in [6, 6.07) is 5.42. The van der Waals surface area contributed by atoms with Crippen LogP contribution in [0, 0.1) is 5.92 Å². The highest BCUT2D eigenvalue weighted by Crippen LogP contribution is 2.56. The number of rotatable bonds is 1. The Balaban J connectivity index is 1.90. The van der Waals surface area contributed by atoms with Crippen molar-refractivity contribution in [2.75, 3.05) is 20.7 Å². The van der Waals surface area contributed by atoms with Gasteiger partial charge in [-0.15, -0.1) is 0 Å². The lowest BCUT2D eigenvalue weighted by Gasteiger charge is -2.58. The van der Waals surface area contributed by atoms with Gasteiger partial charge in [0.15, 0.2) is 0 Å². The molecule has 114 valence electrons. The number of likely N-dealkylation sites (tertiary alicyclic amines) is 1. The number of hydrogen-bond acceptors (Lipinski definition) is 2. The zero-order valence-corrected chi connectivity index (χ0v) is 14.6. The average molecular weight is 350 g/mol. The van der Waals surface area contributed by atoms with E-state index in [9.17, 15) is 0 Å². The Morgan fingerprint density at radius 3 is 2.95 bits per heavy atom. The number of nitrogens with zero attached hydrogens (tertiary/aromatic N) is 1. The maximum atomic E-state index is 5.59. The molecule has 2 aliphatic carbocycles. The van der Waals surface area contributed by atoms with E-state index in [4.69, 9.17) is 4.74 Å². The van der Waals surface area contributed by atoms with Crippen LogP contribution in [0.25, 0.3) is 0 Å². The SMILES string of the molecule is COc1cc2c(cc1Br)C[C@@H]1[C@H]3CCCC[C@@]23CCN1C. The molecule has 3 atom stereocenters. The second-order valence-corrected chi connectivity index (χ2v) is 8.01. The topological polar surface area (TPSA) is 12.5 Å². The number of fused-ring (bicyclic) bond motifs is 1. The summed E-state index contributed by atoms with van der Waals surface area (Å²) in [6.45, 7) is 1.25. The summed E-state index contributed by atoms with van der Waals surface area (Å²) in [5.74, 6) is 1.85. The lowest BCUT2D eigenvalue weighted by Crippen LogP contribution is -2.59. The Kier molecular flexibility index (Phi) is 3.34. The molecule has 1 saturated carbocycles. The van der Waals surface area contributed by atoms with Gasteiger partial charge in [0, 0.05) is 11.5 Å². The zero-order chi connectivity index (χ0) is 14.6. The van der Waals surface area contributed by atoms with Gasteiger partial charge in [0.05, 0.1) is 11.6 Å². The Hall–Kier alpha value is -0.540. The van der Waals surface area contributed by atoms with Crippen LogP contribution >= 0.6 is 15.9 Å². The van der Waals surface area contributed by atoms with Crippen molar-refractivity contribution in [2.24, 2.45) is 5.92 Å². The maximum Gasteiger partial charge on any atom is 0.133 e. The molecule has 1 aliphatic heterocycles. The molecule has 2 bridgehead atoms. The first-order valence-electron chi connectivity index (χ1n) is 8.23. The molecule has 0 amide bonds. The molecule has 0 aromatic heterocycles. The molecule has 1 heterocycles. The van der Waals surface area contributed by atoms with Crippen molar-refractivity contribution >= 4 is 15.9 Å². The number of hydrogen-bond donors (Lipinski definition) is 0. The normalized spacial score (nSPS) is 35.0. The van der Waals surface area contributed by atoms with E-state index in [0.29, 0.717) is 5.41 Å². The van der Waals surface area contributed by atoms with Crippen molar-refractivity contribution in [3.05, 3.63) is 27.7 Å². The lowest BCUT2D eigenvalue weighted by molar-refractivity contribution is 0.00271. The Morgan fingerprint density at radius 2 is 2.14 bits per heavy atom. The van der Waals surface area contributed by atoms with E-state index in [-0.39, 0.29) is 0 Å². The molecule has 0 unspecified atom stereocenters. The molecule has 3 heteroatoms. The second kappa shape index (κ2) is 4.99. The van der Waals surface area contributed by atoms with Crippen molar-refractivity contribution in [2.45, 2.75) is 50.0 Å². The molecule has 1 saturated heterocycles. The van der Waals surface area contributed by atoms with E-state index in [0.717, 1.165) is 22.2 Å². The van der Waals surface area contributed by atoms with E-state index in [1.807, 2.05) is 0 Å². The van der Waals surface area contributed by atoms with Crippen LogP contribution in [-0.4, -0.2) is 31.6 Å². The van der Waals surface area contributed by atoms with Crippen molar-refractivity contribution < 1.29 is 4.74 Å². The molecule has 1 aromatic rings. The van der Waals surface area contributed by atoms with Gasteiger partial charge in [-0.2, -0.15) is 0 Å². The van der Waals surface area contributed by atoms with Crippen LogP contribution in [0.2, 0.25) is 0 Å². The summed E-state index contributed by atoms with van der Waals surface area (Å²) in [6.07, 6.45) is 8.13. The lowest BCUT2D eigenvalue weighted by atomic mass is 9.52. The van der Waals surface area contributed by atoms with Gasteiger partial charge >= 0.3 is 0 Å². The van der Waals surface area contributed by atoms with Crippen LogP contribution in [-0.2, 0) is 11.8 Å². The maximum absolute atomic E-state index is 5.59. The van der Waals surface area contributed by atoms with E-state index in [1.54, 1.807) is 18.2 Å². The Bertz CT molecular complexity index is 573.